The van der Waals surface area contributed by atoms with Gasteiger partial charge in [0.2, 0.25) is 0 Å². The summed E-state index contributed by atoms with van der Waals surface area (Å²) < 4.78 is 0. The monoisotopic (exact) mass is 209 g/mol. The van der Waals surface area contributed by atoms with E-state index in [0.29, 0.717) is 12.0 Å². The maximum Gasteiger partial charge on any atom is 0.0707 e. The lowest BCUT2D eigenvalue weighted by molar-refractivity contribution is -0.234. The van der Waals surface area contributed by atoms with Crippen LogP contribution < -0.4 is 5.11 Å². The molecule has 0 N–H and O–H groups in total. The first-order valence-corrected chi connectivity index (χ1v) is 6.20. The topological polar surface area (TPSA) is 38.7 Å². The Labute approximate surface area is 92.2 Å². The van der Waals surface area contributed by atoms with Gasteiger partial charge in [-0.25, -0.2) is 0 Å². The molecule has 1 heterocycles. The van der Waals surface area contributed by atoms with E-state index in [1.165, 1.54) is 32.1 Å². The Morgan fingerprint density at radius 1 is 1.27 bits per heavy atom. The van der Waals surface area contributed by atoms with Gasteiger partial charge >= 0.3 is 0 Å². The molecular weight excluding hydrogens is 188 g/mol. The second-order valence-corrected chi connectivity index (χ2v) is 5.17. The van der Waals surface area contributed by atoms with Gasteiger partial charge in [0.15, 0.2) is 0 Å². The van der Waals surface area contributed by atoms with Crippen molar-refractivity contribution in [1.29, 1.82) is 0 Å². The summed E-state index contributed by atoms with van der Waals surface area (Å²) in [5, 5.41) is 11.7. The predicted molar refractivity (Wildman–Crippen MR) is 59.6 cm³/mol. The van der Waals surface area contributed by atoms with Gasteiger partial charge in [0.25, 0.3) is 0 Å². The maximum atomic E-state index is 11.7. The van der Waals surface area contributed by atoms with Crippen molar-refractivity contribution in [2.45, 2.75) is 58.0 Å². The molecule has 2 rings (SSSR count). The second kappa shape index (κ2) is 4.42. The van der Waals surface area contributed by atoms with Gasteiger partial charge in [0.1, 0.15) is 0 Å². The number of hydrogen-bond donors (Lipinski definition) is 0. The minimum absolute atomic E-state index is 0.0422. The van der Waals surface area contributed by atoms with Crippen LogP contribution in [0.15, 0.2) is 4.99 Å². The molecule has 3 nitrogen and oxygen atoms in total. The Bertz CT molecular complexity index is 244. The molecule has 0 amide bonds. The van der Waals surface area contributed by atoms with E-state index < -0.39 is 0 Å². The van der Waals surface area contributed by atoms with Crippen molar-refractivity contribution in [3.63, 3.8) is 0 Å². The van der Waals surface area contributed by atoms with Crippen molar-refractivity contribution in [3.05, 3.63) is 0 Å². The van der Waals surface area contributed by atoms with E-state index in [1.54, 1.807) is 0 Å². The standard InChI is InChI=1S/C12H22N2O/c1-9(2)11-8-14(12(15)13-11)10-6-4-3-5-7-10/h9-11H,3-8H2,1-2H3,(H,13,15)/p-1/t11-/m1/s1. The van der Waals surface area contributed by atoms with E-state index in [1.807, 2.05) is 4.90 Å². The van der Waals surface area contributed by atoms with Crippen LogP contribution in [-0.4, -0.2) is 29.6 Å². The number of nitrogens with zero attached hydrogens (tertiary/aromatic N) is 2. The zero-order valence-electron chi connectivity index (χ0n) is 9.78. The van der Waals surface area contributed by atoms with Crippen molar-refractivity contribution >= 4 is 6.02 Å². The highest BCUT2D eigenvalue weighted by molar-refractivity contribution is 5.71. The van der Waals surface area contributed by atoms with Gasteiger partial charge in [-0.3, -0.25) is 4.99 Å². The SMILES string of the molecule is CC(C)[C@H]1CN(C2CCCCC2)C([O-])=N1. The summed E-state index contributed by atoms with van der Waals surface area (Å²) in [7, 11) is 0. The van der Waals surface area contributed by atoms with Gasteiger partial charge in [-0.15, -0.1) is 0 Å². The minimum atomic E-state index is 0.0422. The van der Waals surface area contributed by atoms with Crippen LogP contribution in [0.1, 0.15) is 46.0 Å². The van der Waals surface area contributed by atoms with E-state index in [4.69, 9.17) is 0 Å². The fraction of sp³-hybridized carbons (Fsp3) is 0.917. The normalized spacial score (nSPS) is 28.6. The third-order valence-electron chi connectivity index (χ3n) is 3.69. The van der Waals surface area contributed by atoms with Gasteiger partial charge < -0.3 is 10.0 Å². The van der Waals surface area contributed by atoms with Gasteiger partial charge in [0.05, 0.1) is 12.1 Å². The number of aliphatic imine (C=N–C) groups is 1. The number of rotatable bonds is 2. The maximum absolute atomic E-state index is 11.7. The van der Waals surface area contributed by atoms with Crippen molar-refractivity contribution in [3.8, 4) is 0 Å². The third-order valence-corrected chi connectivity index (χ3v) is 3.69. The zero-order chi connectivity index (χ0) is 10.8. The Balaban J connectivity index is 1.97. The van der Waals surface area contributed by atoms with Crippen LogP contribution in [0.5, 0.6) is 0 Å². The smallest absolute Gasteiger partial charge is 0.0707 e. The minimum Gasteiger partial charge on any atom is -0.846 e. The summed E-state index contributed by atoms with van der Waals surface area (Å²) >= 11 is 0. The Morgan fingerprint density at radius 2 is 1.93 bits per heavy atom. The lowest BCUT2D eigenvalue weighted by Gasteiger charge is -2.36. The van der Waals surface area contributed by atoms with Gasteiger partial charge in [0, 0.05) is 12.6 Å². The number of hydrogen-bond acceptors (Lipinski definition) is 3. The summed E-state index contributed by atoms with van der Waals surface area (Å²) in [6.07, 6.45) is 6.27. The molecule has 0 spiro atoms. The summed E-state index contributed by atoms with van der Waals surface area (Å²) in [6, 6.07) is 0.763. The summed E-state index contributed by atoms with van der Waals surface area (Å²) in [6.45, 7) is 5.15. The first-order chi connectivity index (χ1) is 7.18. The van der Waals surface area contributed by atoms with E-state index in [-0.39, 0.29) is 12.1 Å². The Hall–Kier alpha value is -0.730. The Morgan fingerprint density at radius 3 is 2.47 bits per heavy atom. The van der Waals surface area contributed by atoms with Crippen LogP contribution in [0.25, 0.3) is 0 Å². The molecule has 0 unspecified atom stereocenters. The molecule has 0 bridgehead atoms. The third kappa shape index (κ3) is 2.27. The molecule has 3 heteroatoms. The quantitative estimate of drug-likeness (QED) is 0.689. The van der Waals surface area contributed by atoms with Crippen LogP contribution in [-0.2, 0) is 0 Å². The first kappa shape index (κ1) is 10.8. The van der Waals surface area contributed by atoms with Crippen molar-refractivity contribution in [2.24, 2.45) is 10.9 Å². The molecule has 1 atom stereocenters. The van der Waals surface area contributed by atoms with Crippen LogP contribution in [0, 0.1) is 5.92 Å². The molecule has 1 saturated carbocycles. The molecule has 0 saturated heterocycles. The summed E-state index contributed by atoms with van der Waals surface area (Å²) in [4.78, 5) is 6.25. The fourth-order valence-electron chi connectivity index (χ4n) is 2.59. The molecule has 1 aliphatic heterocycles. The summed E-state index contributed by atoms with van der Waals surface area (Å²) in [5.41, 5.74) is 0. The van der Waals surface area contributed by atoms with E-state index in [2.05, 4.69) is 18.8 Å². The predicted octanol–water partition coefficient (Wildman–Crippen LogP) is 1.38. The van der Waals surface area contributed by atoms with Crippen LogP contribution in [0.2, 0.25) is 0 Å². The van der Waals surface area contributed by atoms with E-state index >= 15 is 0 Å². The lowest BCUT2D eigenvalue weighted by atomic mass is 9.94. The highest BCUT2D eigenvalue weighted by atomic mass is 16.3. The van der Waals surface area contributed by atoms with Gasteiger partial charge in [-0.2, -0.15) is 0 Å². The Kier molecular flexibility index (Phi) is 3.17. The van der Waals surface area contributed by atoms with E-state index in [0.717, 1.165) is 6.54 Å². The van der Waals surface area contributed by atoms with Crippen molar-refractivity contribution < 1.29 is 5.11 Å². The van der Waals surface area contributed by atoms with Crippen LogP contribution in [0.3, 0.4) is 0 Å². The van der Waals surface area contributed by atoms with Gasteiger partial charge in [-0.1, -0.05) is 33.1 Å². The highest BCUT2D eigenvalue weighted by Crippen LogP contribution is 2.26. The molecule has 1 fully saturated rings. The fourth-order valence-corrected chi connectivity index (χ4v) is 2.59. The molecule has 0 aromatic carbocycles. The average Bonchev–Trinajstić information content (AvgIpc) is 2.62. The molecule has 1 aliphatic carbocycles. The van der Waals surface area contributed by atoms with Crippen molar-refractivity contribution in [2.75, 3.05) is 6.54 Å². The average molecular weight is 209 g/mol. The number of amidine groups is 1. The van der Waals surface area contributed by atoms with Crippen LogP contribution >= 0.6 is 0 Å². The molecule has 15 heavy (non-hydrogen) atoms. The molecule has 0 radical (unpaired) electrons. The molecule has 2 aliphatic rings. The van der Waals surface area contributed by atoms with E-state index in [9.17, 15) is 5.11 Å². The zero-order valence-corrected chi connectivity index (χ0v) is 9.78. The molecule has 86 valence electrons. The van der Waals surface area contributed by atoms with Crippen LogP contribution in [0.4, 0.5) is 0 Å². The largest absolute Gasteiger partial charge is 0.846 e. The van der Waals surface area contributed by atoms with Gasteiger partial charge in [-0.05, 0) is 18.8 Å². The molecular formula is C12H21N2O-. The van der Waals surface area contributed by atoms with Crippen molar-refractivity contribution in [1.82, 2.24) is 4.90 Å². The molecule has 0 aromatic rings. The highest BCUT2D eigenvalue weighted by Gasteiger charge is 2.28. The molecule has 0 aromatic heterocycles. The summed E-state index contributed by atoms with van der Waals surface area (Å²) in [5.74, 6) is 0.488. The first-order valence-electron chi connectivity index (χ1n) is 6.20. The lowest BCUT2D eigenvalue weighted by Crippen LogP contribution is -2.45. The second-order valence-electron chi connectivity index (χ2n) is 5.17.